The van der Waals surface area contributed by atoms with Gasteiger partial charge in [-0.3, -0.25) is 4.79 Å². The standard InChI is InChI=1S/C17H29N3O3/c1-4-14-19-15(23-20-14)12-7-9-13(10-8-12)18-11-17(5-2,6-3)16(21)22/h12-13,18H,4-11H2,1-3H3,(H,21,22). The predicted molar refractivity (Wildman–Crippen MR) is 87.3 cm³/mol. The van der Waals surface area contributed by atoms with Crippen molar-refractivity contribution < 1.29 is 14.4 Å². The summed E-state index contributed by atoms with van der Waals surface area (Å²) in [7, 11) is 0. The second kappa shape index (κ2) is 7.90. The van der Waals surface area contributed by atoms with Crippen LogP contribution in [0.5, 0.6) is 0 Å². The Kier molecular flexibility index (Phi) is 6.16. The number of aromatic nitrogens is 2. The number of hydrogen-bond acceptors (Lipinski definition) is 5. The molecular weight excluding hydrogens is 294 g/mol. The third kappa shape index (κ3) is 4.10. The fourth-order valence-corrected chi connectivity index (χ4v) is 3.34. The zero-order chi connectivity index (χ0) is 16.9. The van der Waals surface area contributed by atoms with Crippen LogP contribution in [0.1, 0.15) is 76.9 Å². The van der Waals surface area contributed by atoms with Gasteiger partial charge in [-0.2, -0.15) is 4.98 Å². The molecule has 2 N–H and O–H groups in total. The number of carboxylic acids is 1. The van der Waals surface area contributed by atoms with E-state index in [2.05, 4.69) is 15.5 Å². The lowest BCUT2D eigenvalue weighted by molar-refractivity contribution is -0.149. The summed E-state index contributed by atoms with van der Waals surface area (Å²) in [6.45, 7) is 6.48. The van der Waals surface area contributed by atoms with Crippen molar-refractivity contribution in [1.82, 2.24) is 15.5 Å². The number of nitrogens with zero attached hydrogens (tertiary/aromatic N) is 2. The summed E-state index contributed by atoms with van der Waals surface area (Å²) in [5.41, 5.74) is -0.640. The van der Waals surface area contributed by atoms with Gasteiger partial charge in [-0.05, 0) is 38.5 Å². The summed E-state index contributed by atoms with van der Waals surface area (Å²) < 4.78 is 5.35. The highest BCUT2D eigenvalue weighted by atomic mass is 16.5. The van der Waals surface area contributed by atoms with Crippen LogP contribution in [0, 0.1) is 5.41 Å². The van der Waals surface area contributed by atoms with E-state index in [0.29, 0.717) is 31.3 Å². The first-order chi connectivity index (χ1) is 11.0. The monoisotopic (exact) mass is 323 g/mol. The number of rotatable bonds is 8. The summed E-state index contributed by atoms with van der Waals surface area (Å²) >= 11 is 0. The maximum Gasteiger partial charge on any atom is 0.310 e. The van der Waals surface area contributed by atoms with E-state index in [9.17, 15) is 9.90 Å². The van der Waals surface area contributed by atoms with Gasteiger partial charge >= 0.3 is 5.97 Å². The average Bonchev–Trinajstić information content (AvgIpc) is 3.05. The van der Waals surface area contributed by atoms with Crippen molar-refractivity contribution in [3.63, 3.8) is 0 Å². The molecule has 0 aliphatic heterocycles. The van der Waals surface area contributed by atoms with Gasteiger partial charge in [-0.25, -0.2) is 0 Å². The third-order valence-corrected chi connectivity index (χ3v) is 5.41. The van der Waals surface area contributed by atoms with Crippen molar-refractivity contribution in [2.75, 3.05) is 6.54 Å². The number of carboxylic acid groups (broad SMARTS) is 1. The Balaban J connectivity index is 1.83. The van der Waals surface area contributed by atoms with Crippen LogP contribution in [0.2, 0.25) is 0 Å². The number of carbonyl (C=O) groups is 1. The van der Waals surface area contributed by atoms with E-state index in [1.807, 2.05) is 20.8 Å². The quantitative estimate of drug-likeness (QED) is 0.764. The third-order valence-electron chi connectivity index (χ3n) is 5.41. The van der Waals surface area contributed by atoms with Crippen LogP contribution in [0.25, 0.3) is 0 Å². The van der Waals surface area contributed by atoms with Crippen molar-refractivity contribution >= 4 is 5.97 Å². The van der Waals surface area contributed by atoms with E-state index in [1.54, 1.807) is 0 Å². The van der Waals surface area contributed by atoms with Crippen molar-refractivity contribution in [3.8, 4) is 0 Å². The van der Waals surface area contributed by atoms with Gasteiger partial charge in [0, 0.05) is 24.9 Å². The van der Waals surface area contributed by atoms with Crippen LogP contribution < -0.4 is 5.32 Å². The summed E-state index contributed by atoms with van der Waals surface area (Å²) in [4.78, 5) is 16.0. The lowest BCUT2D eigenvalue weighted by atomic mass is 9.81. The molecule has 23 heavy (non-hydrogen) atoms. The van der Waals surface area contributed by atoms with E-state index >= 15 is 0 Å². The first-order valence-corrected chi connectivity index (χ1v) is 8.83. The van der Waals surface area contributed by atoms with Gasteiger partial charge in [0.1, 0.15) is 0 Å². The second-order valence-electron chi connectivity index (χ2n) is 6.62. The molecule has 1 aliphatic rings. The second-order valence-corrected chi connectivity index (χ2v) is 6.62. The maximum absolute atomic E-state index is 11.6. The minimum atomic E-state index is -0.693. The van der Waals surface area contributed by atoms with E-state index in [0.717, 1.165) is 43.8 Å². The van der Waals surface area contributed by atoms with E-state index in [1.165, 1.54) is 0 Å². The molecule has 6 nitrogen and oxygen atoms in total. The Hall–Kier alpha value is -1.43. The molecule has 6 heteroatoms. The normalized spacial score (nSPS) is 22.2. The van der Waals surface area contributed by atoms with Crippen molar-refractivity contribution in [2.24, 2.45) is 5.41 Å². The topological polar surface area (TPSA) is 88.2 Å². The van der Waals surface area contributed by atoms with Crippen LogP contribution in [-0.4, -0.2) is 33.8 Å². The predicted octanol–water partition coefficient (Wildman–Crippen LogP) is 3.14. The Labute approximate surface area is 138 Å². The van der Waals surface area contributed by atoms with Gasteiger partial charge < -0.3 is 14.9 Å². The van der Waals surface area contributed by atoms with Crippen LogP contribution in [0.4, 0.5) is 0 Å². The fraction of sp³-hybridized carbons (Fsp3) is 0.824. The minimum absolute atomic E-state index is 0.349. The molecule has 1 aromatic rings. The molecule has 1 saturated carbocycles. The van der Waals surface area contributed by atoms with Crippen LogP contribution in [0.3, 0.4) is 0 Å². The van der Waals surface area contributed by atoms with Gasteiger partial charge in [0.15, 0.2) is 5.82 Å². The van der Waals surface area contributed by atoms with Gasteiger partial charge in [0.05, 0.1) is 5.41 Å². The molecule has 130 valence electrons. The van der Waals surface area contributed by atoms with E-state index < -0.39 is 11.4 Å². The molecule has 0 saturated heterocycles. The van der Waals surface area contributed by atoms with Gasteiger partial charge in [0.25, 0.3) is 0 Å². The highest BCUT2D eigenvalue weighted by Crippen LogP contribution is 2.33. The highest BCUT2D eigenvalue weighted by Gasteiger charge is 2.36. The van der Waals surface area contributed by atoms with Crippen LogP contribution in [-0.2, 0) is 11.2 Å². The molecule has 0 atom stereocenters. The molecule has 0 unspecified atom stereocenters. The maximum atomic E-state index is 11.6. The SMILES string of the molecule is CCc1noc(C2CCC(NCC(CC)(CC)C(=O)O)CC2)n1. The van der Waals surface area contributed by atoms with E-state index in [-0.39, 0.29) is 0 Å². The van der Waals surface area contributed by atoms with Gasteiger partial charge in [0.2, 0.25) is 5.89 Å². The summed E-state index contributed by atoms with van der Waals surface area (Å²) in [6, 6.07) is 0.386. The zero-order valence-electron chi connectivity index (χ0n) is 14.5. The van der Waals surface area contributed by atoms with Crippen LogP contribution >= 0.6 is 0 Å². The summed E-state index contributed by atoms with van der Waals surface area (Å²) in [5.74, 6) is 1.20. The molecule has 0 bridgehead atoms. The molecule has 1 heterocycles. The number of nitrogens with one attached hydrogen (secondary N) is 1. The lowest BCUT2D eigenvalue weighted by Crippen LogP contribution is -2.44. The molecular formula is C17H29N3O3. The first kappa shape index (κ1) is 17.9. The fourth-order valence-electron chi connectivity index (χ4n) is 3.34. The lowest BCUT2D eigenvalue weighted by Gasteiger charge is -2.32. The zero-order valence-corrected chi connectivity index (χ0v) is 14.5. The molecule has 1 aromatic heterocycles. The Morgan fingerprint density at radius 3 is 2.39 bits per heavy atom. The number of aryl methyl sites for hydroxylation is 1. The van der Waals surface area contributed by atoms with Crippen molar-refractivity contribution in [3.05, 3.63) is 11.7 Å². The van der Waals surface area contributed by atoms with E-state index in [4.69, 9.17) is 4.52 Å². The van der Waals surface area contributed by atoms with Crippen molar-refractivity contribution in [2.45, 2.75) is 77.7 Å². The molecule has 1 fully saturated rings. The summed E-state index contributed by atoms with van der Waals surface area (Å²) in [6.07, 6.45) is 6.19. The molecule has 0 spiro atoms. The summed E-state index contributed by atoms with van der Waals surface area (Å²) in [5, 5.41) is 17.0. The highest BCUT2D eigenvalue weighted by molar-refractivity contribution is 5.74. The average molecular weight is 323 g/mol. The van der Waals surface area contributed by atoms with Crippen LogP contribution in [0.15, 0.2) is 4.52 Å². The molecule has 0 radical (unpaired) electrons. The van der Waals surface area contributed by atoms with Crippen molar-refractivity contribution in [1.29, 1.82) is 0 Å². The largest absolute Gasteiger partial charge is 0.481 e. The molecule has 1 aliphatic carbocycles. The molecule has 0 aromatic carbocycles. The van der Waals surface area contributed by atoms with Gasteiger partial charge in [-0.1, -0.05) is 25.9 Å². The Morgan fingerprint density at radius 2 is 1.91 bits per heavy atom. The van der Waals surface area contributed by atoms with Gasteiger partial charge in [-0.15, -0.1) is 0 Å². The number of aliphatic carboxylic acids is 1. The smallest absolute Gasteiger partial charge is 0.310 e. The first-order valence-electron chi connectivity index (χ1n) is 8.83. The molecule has 0 amide bonds. The molecule has 2 rings (SSSR count). The number of hydrogen-bond donors (Lipinski definition) is 2. The Morgan fingerprint density at radius 1 is 1.26 bits per heavy atom. The Bertz CT molecular complexity index is 503. The minimum Gasteiger partial charge on any atom is -0.481 e.